The maximum Gasteiger partial charge on any atom is 0.318 e. The molecule has 0 aliphatic heterocycles. The molecule has 3 N–H and O–H groups in total. The predicted molar refractivity (Wildman–Crippen MR) is 79.6 cm³/mol. The second kappa shape index (κ2) is 7.33. The predicted octanol–water partition coefficient (Wildman–Crippen LogP) is 1.83. The summed E-state index contributed by atoms with van der Waals surface area (Å²) in [5, 5.41) is 2.97. The van der Waals surface area contributed by atoms with Crippen molar-refractivity contribution in [1.29, 1.82) is 0 Å². The molecule has 1 rings (SSSR count). The van der Waals surface area contributed by atoms with E-state index in [-0.39, 0.29) is 12.3 Å². The molecule has 0 saturated carbocycles. The molecule has 0 spiro atoms. The summed E-state index contributed by atoms with van der Waals surface area (Å²) < 4.78 is 2.18. The van der Waals surface area contributed by atoms with Gasteiger partial charge in [0.2, 0.25) is 5.91 Å². The molecule has 7 heteroatoms. The third-order valence-electron chi connectivity index (χ3n) is 2.79. The molecule has 0 aliphatic carbocycles. The molecule has 112 valence electrons. The number of aromatic nitrogens is 2. The van der Waals surface area contributed by atoms with Gasteiger partial charge in [-0.3, -0.25) is 10.1 Å². The zero-order chi connectivity index (χ0) is 15.3. The van der Waals surface area contributed by atoms with Crippen LogP contribution in [0.1, 0.15) is 31.7 Å². The number of imidazole rings is 1. The molecule has 1 aromatic rings. The number of urea groups is 1. The van der Waals surface area contributed by atoms with E-state index < -0.39 is 6.03 Å². The van der Waals surface area contributed by atoms with E-state index in [4.69, 9.17) is 5.73 Å². The van der Waals surface area contributed by atoms with Gasteiger partial charge in [-0.1, -0.05) is 25.6 Å². The van der Waals surface area contributed by atoms with Crippen LogP contribution in [0.5, 0.6) is 0 Å². The SMILES string of the molecule is Cc1nc(SCCC(=O)NC(N)=O)n(CC(C)C)c1C. The Balaban J connectivity index is 2.61. The van der Waals surface area contributed by atoms with E-state index in [1.807, 2.05) is 6.92 Å². The second-order valence-electron chi connectivity index (χ2n) is 5.08. The van der Waals surface area contributed by atoms with Crippen LogP contribution in [0.2, 0.25) is 0 Å². The van der Waals surface area contributed by atoms with E-state index in [0.717, 1.165) is 23.1 Å². The van der Waals surface area contributed by atoms with E-state index in [1.54, 1.807) is 0 Å². The first-order chi connectivity index (χ1) is 9.31. The summed E-state index contributed by atoms with van der Waals surface area (Å²) in [6.45, 7) is 9.25. The molecule has 6 nitrogen and oxygen atoms in total. The molecular formula is C13H22N4O2S. The Kier molecular flexibility index (Phi) is 6.06. The number of nitrogens with zero attached hydrogens (tertiary/aromatic N) is 2. The Morgan fingerprint density at radius 3 is 2.60 bits per heavy atom. The quantitative estimate of drug-likeness (QED) is 0.784. The van der Waals surface area contributed by atoms with Gasteiger partial charge in [0.1, 0.15) is 0 Å². The Bertz CT molecular complexity index is 497. The highest BCUT2D eigenvalue weighted by Crippen LogP contribution is 2.22. The van der Waals surface area contributed by atoms with Crippen LogP contribution in [-0.2, 0) is 11.3 Å². The van der Waals surface area contributed by atoms with E-state index in [2.05, 4.69) is 35.6 Å². The molecule has 0 atom stereocenters. The van der Waals surface area contributed by atoms with Crippen molar-refractivity contribution < 1.29 is 9.59 Å². The number of imide groups is 1. The van der Waals surface area contributed by atoms with Gasteiger partial charge in [0.15, 0.2) is 5.16 Å². The van der Waals surface area contributed by atoms with Crippen molar-refractivity contribution in [2.75, 3.05) is 5.75 Å². The fourth-order valence-corrected chi connectivity index (χ4v) is 2.79. The Hall–Kier alpha value is -1.50. The van der Waals surface area contributed by atoms with Gasteiger partial charge < -0.3 is 10.3 Å². The first-order valence-corrected chi connectivity index (χ1v) is 7.55. The highest BCUT2D eigenvalue weighted by Gasteiger charge is 2.13. The minimum Gasteiger partial charge on any atom is -0.351 e. The van der Waals surface area contributed by atoms with Crippen molar-refractivity contribution in [3.8, 4) is 0 Å². The summed E-state index contributed by atoms with van der Waals surface area (Å²) in [5.41, 5.74) is 7.05. The molecule has 0 aliphatic rings. The molecule has 1 heterocycles. The first kappa shape index (κ1) is 16.6. The lowest BCUT2D eigenvalue weighted by Gasteiger charge is -2.12. The van der Waals surface area contributed by atoms with Crippen molar-refractivity contribution in [3.63, 3.8) is 0 Å². The average molecular weight is 298 g/mol. The Morgan fingerprint density at radius 2 is 2.05 bits per heavy atom. The van der Waals surface area contributed by atoms with Crippen LogP contribution in [0, 0.1) is 19.8 Å². The molecule has 0 bridgehead atoms. The molecular weight excluding hydrogens is 276 g/mol. The van der Waals surface area contributed by atoms with Crippen molar-refractivity contribution in [2.24, 2.45) is 11.7 Å². The Morgan fingerprint density at radius 1 is 1.40 bits per heavy atom. The van der Waals surface area contributed by atoms with E-state index in [0.29, 0.717) is 11.7 Å². The average Bonchev–Trinajstić information content (AvgIpc) is 2.55. The van der Waals surface area contributed by atoms with Crippen molar-refractivity contribution in [2.45, 2.75) is 45.8 Å². The van der Waals surface area contributed by atoms with E-state index >= 15 is 0 Å². The molecule has 1 aromatic heterocycles. The number of nitrogens with two attached hydrogens (primary N) is 1. The Labute approximate surface area is 123 Å². The summed E-state index contributed by atoms with van der Waals surface area (Å²) in [7, 11) is 0. The third kappa shape index (κ3) is 4.88. The highest BCUT2D eigenvalue weighted by molar-refractivity contribution is 7.99. The van der Waals surface area contributed by atoms with Crippen molar-refractivity contribution in [1.82, 2.24) is 14.9 Å². The van der Waals surface area contributed by atoms with Gasteiger partial charge >= 0.3 is 6.03 Å². The van der Waals surface area contributed by atoms with Crippen LogP contribution in [0.25, 0.3) is 0 Å². The fraction of sp³-hybridized carbons (Fsp3) is 0.615. The smallest absolute Gasteiger partial charge is 0.318 e. The number of nitrogens with one attached hydrogen (secondary N) is 1. The standard InChI is InChI=1S/C13H22N4O2S/c1-8(2)7-17-10(4)9(3)15-13(17)20-6-5-11(18)16-12(14)19/h8H,5-7H2,1-4H3,(H3,14,16,18,19). The molecule has 0 unspecified atom stereocenters. The molecule has 0 aromatic carbocycles. The maximum atomic E-state index is 11.3. The van der Waals surface area contributed by atoms with Gasteiger partial charge in [-0.15, -0.1) is 0 Å². The van der Waals surface area contributed by atoms with Crippen LogP contribution in [0.3, 0.4) is 0 Å². The summed E-state index contributed by atoms with van der Waals surface area (Å²) in [6.07, 6.45) is 0.236. The van der Waals surface area contributed by atoms with Crippen LogP contribution >= 0.6 is 11.8 Å². The number of aryl methyl sites for hydroxylation is 1. The second-order valence-corrected chi connectivity index (χ2v) is 6.14. The fourth-order valence-electron chi connectivity index (χ4n) is 1.75. The van der Waals surface area contributed by atoms with Gasteiger partial charge in [-0.05, 0) is 19.8 Å². The number of carbonyl (C=O) groups is 2. The topological polar surface area (TPSA) is 90.0 Å². The van der Waals surface area contributed by atoms with Gasteiger partial charge in [0.05, 0.1) is 5.69 Å². The summed E-state index contributed by atoms with van der Waals surface area (Å²) in [5.74, 6) is 0.729. The lowest BCUT2D eigenvalue weighted by molar-refractivity contribution is -0.119. The number of amides is 3. The monoisotopic (exact) mass is 298 g/mol. The summed E-state index contributed by atoms with van der Waals surface area (Å²) in [4.78, 5) is 26.4. The van der Waals surface area contributed by atoms with E-state index in [9.17, 15) is 9.59 Å². The van der Waals surface area contributed by atoms with E-state index in [1.165, 1.54) is 11.8 Å². The summed E-state index contributed by atoms with van der Waals surface area (Å²) in [6, 6.07) is -0.812. The number of primary amides is 1. The van der Waals surface area contributed by atoms with Gasteiger partial charge in [-0.25, -0.2) is 9.78 Å². The normalized spacial score (nSPS) is 10.8. The van der Waals surface area contributed by atoms with Crippen LogP contribution < -0.4 is 11.1 Å². The van der Waals surface area contributed by atoms with Crippen molar-refractivity contribution in [3.05, 3.63) is 11.4 Å². The van der Waals surface area contributed by atoms with Gasteiger partial charge in [0.25, 0.3) is 0 Å². The first-order valence-electron chi connectivity index (χ1n) is 6.57. The number of hydrogen-bond donors (Lipinski definition) is 2. The van der Waals surface area contributed by atoms with Crippen molar-refractivity contribution >= 4 is 23.7 Å². The zero-order valence-corrected chi connectivity index (χ0v) is 13.2. The zero-order valence-electron chi connectivity index (χ0n) is 12.4. The lowest BCUT2D eigenvalue weighted by Crippen LogP contribution is -2.35. The third-order valence-corrected chi connectivity index (χ3v) is 3.77. The maximum absolute atomic E-state index is 11.3. The van der Waals surface area contributed by atoms with Crippen LogP contribution in [-0.4, -0.2) is 27.2 Å². The van der Waals surface area contributed by atoms with Gasteiger partial charge in [-0.2, -0.15) is 0 Å². The minimum absolute atomic E-state index is 0.236. The number of carbonyl (C=O) groups excluding carboxylic acids is 2. The molecule has 0 fully saturated rings. The lowest BCUT2D eigenvalue weighted by atomic mass is 10.2. The highest BCUT2D eigenvalue weighted by atomic mass is 32.2. The molecule has 0 saturated heterocycles. The molecule has 20 heavy (non-hydrogen) atoms. The molecule has 0 radical (unpaired) electrons. The number of thioether (sulfide) groups is 1. The van der Waals surface area contributed by atoms with Gasteiger partial charge in [0, 0.05) is 24.4 Å². The number of rotatable bonds is 6. The molecule has 3 amide bonds. The largest absolute Gasteiger partial charge is 0.351 e. The summed E-state index contributed by atoms with van der Waals surface area (Å²) >= 11 is 1.52. The van der Waals surface area contributed by atoms with Crippen LogP contribution in [0.4, 0.5) is 4.79 Å². The minimum atomic E-state index is -0.812. The van der Waals surface area contributed by atoms with Crippen LogP contribution in [0.15, 0.2) is 5.16 Å². The number of hydrogen-bond acceptors (Lipinski definition) is 4.